The van der Waals surface area contributed by atoms with Crippen LogP contribution in [0.4, 0.5) is 29.3 Å². The first-order chi connectivity index (χ1) is 17.4. The monoisotopic (exact) mass is 519 g/mol. The molecular weight excluding hydrogens is 491 g/mol. The first-order valence-electron chi connectivity index (χ1n) is 11.8. The zero-order valence-corrected chi connectivity index (χ0v) is 20.7. The van der Waals surface area contributed by atoms with Crippen molar-refractivity contribution in [3.05, 3.63) is 48.3 Å². The van der Waals surface area contributed by atoms with Gasteiger partial charge in [-0.1, -0.05) is 0 Å². The van der Waals surface area contributed by atoms with E-state index in [4.69, 9.17) is 0 Å². The Balaban J connectivity index is 1.52. The summed E-state index contributed by atoms with van der Waals surface area (Å²) >= 11 is 0. The van der Waals surface area contributed by atoms with Gasteiger partial charge in [-0.2, -0.15) is 0 Å². The van der Waals surface area contributed by atoms with E-state index in [1.807, 2.05) is 7.05 Å². The zero-order valence-electron chi connectivity index (χ0n) is 20.7. The second-order valence-electron chi connectivity index (χ2n) is 9.71. The van der Waals surface area contributed by atoms with Crippen molar-refractivity contribution in [2.24, 2.45) is 5.92 Å². The minimum absolute atomic E-state index is 0.00881. The van der Waals surface area contributed by atoms with Gasteiger partial charge in [0.15, 0.2) is 0 Å². The van der Waals surface area contributed by atoms with Crippen LogP contribution in [0.5, 0.6) is 5.75 Å². The van der Waals surface area contributed by atoms with Gasteiger partial charge in [0, 0.05) is 12.1 Å². The Labute approximate surface area is 212 Å². The second-order valence-corrected chi connectivity index (χ2v) is 9.71. The summed E-state index contributed by atoms with van der Waals surface area (Å²) in [5, 5.41) is 2.93. The molecule has 2 aromatic rings. The number of halogens is 3. The number of nitrogens with zero attached hydrogens (tertiary/aromatic N) is 4. The van der Waals surface area contributed by atoms with Crippen LogP contribution < -0.4 is 15.0 Å². The summed E-state index contributed by atoms with van der Waals surface area (Å²) in [6, 6.07) is 5.55. The van der Waals surface area contributed by atoms with Gasteiger partial charge in [0.25, 0.3) is 5.91 Å². The van der Waals surface area contributed by atoms with Crippen molar-refractivity contribution >= 4 is 29.2 Å². The molecule has 198 valence electrons. The Morgan fingerprint density at radius 1 is 1.14 bits per heavy atom. The van der Waals surface area contributed by atoms with Gasteiger partial charge in [0.1, 0.15) is 11.3 Å². The Morgan fingerprint density at radius 3 is 2.41 bits per heavy atom. The number of carbonyl (C=O) groups excluding carboxylic acids is 3. The number of nitrogens with one attached hydrogen (secondary N) is 1. The Morgan fingerprint density at radius 2 is 1.78 bits per heavy atom. The normalized spacial score (nSPS) is 18.9. The number of pyridine rings is 1. The van der Waals surface area contributed by atoms with Gasteiger partial charge >= 0.3 is 12.4 Å². The average molecular weight is 520 g/mol. The standard InChI is InChI=1S/C25H28F3N5O4/c1-24(2)22(35)33(18-4-6-19(7-5-18)37-25(26,27)28)23(36)32(24)15-17-8-11-29-14-20(17)30-21(34)16-9-12-31(3)13-10-16/h4-8,11,14,16H,9-10,12-13,15H2,1-3H3,(H,30,34). The van der Waals surface area contributed by atoms with Crippen LogP contribution in [0.2, 0.25) is 0 Å². The number of ether oxygens (including phenoxy) is 1. The van der Waals surface area contributed by atoms with Crippen molar-refractivity contribution in [2.45, 2.75) is 45.1 Å². The highest BCUT2D eigenvalue weighted by atomic mass is 19.4. The van der Waals surface area contributed by atoms with Crippen LogP contribution in [-0.4, -0.2) is 64.7 Å². The van der Waals surface area contributed by atoms with E-state index in [-0.39, 0.29) is 24.1 Å². The molecule has 2 fully saturated rings. The molecule has 1 N–H and O–H groups in total. The predicted molar refractivity (Wildman–Crippen MR) is 129 cm³/mol. The van der Waals surface area contributed by atoms with E-state index >= 15 is 0 Å². The van der Waals surface area contributed by atoms with Gasteiger partial charge < -0.3 is 19.9 Å². The largest absolute Gasteiger partial charge is 0.573 e. The summed E-state index contributed by atoms with van der Waals surface area (Å²) in [5.41, 5.74) is -0.0852. The molecule has 0 aliphatic carbocycles. The topological polar surface area (TPSA) is 95.1 Å². The summed E-state index contributed by atoms with van der Waals surface area (Å²) < 4.78 is 41.3. The molecule has 1 aromatic carbocycles. The molecule has 4 rings (SSSR count). The maximum absolute atomic E-state index is 13.4. The van der Waals surface area contributed by atoms with Gasteiger partial charge in [-0.25, -0.2) is 9.69 Å². The van der Waals surface area contributed by atoms with Crippen LogP contribution in [0, 0.1) is 5.92 Å². The second kappa shape index (κ2) is 10.0. The summed E-state index contributed by atoms with van der Waals surface area (Å²) in [5.74, 6) is -1.25. The Bertz CT molecular complexity index is 1180. The highest BCUT2D eigenvalue weighted by Crippen LogP contribution is 2.35. The third kappa shape index (κ3) is 5.68. The Hall–Kier alpha value is -3.67. The maximum Gasteiger partial charge on any atom is 0.573 e. The quantitative estimate of drug-likeness (QED) is 0.580. The van der Waals surface area contributed by atoms with Gasteiger partial charge in [0.2, 0.25) is 5.91 Å². The summed E-state index contributed by atoms with van der Waals surface area (Å²) in [6.07, 6.45) is -0.329. The molecule has 0 saturated carbocycles. The number of anilines is 2. The van der Waals surface area contributed by atoms with E-state index in [0.717, 1.165) is 43.0 Å². The number of urea groups is 1. The number of likely N-dealkylation sites (tertiary alicyclic amines) is 1. The minimum atomic E-state index is -4.86. The highest BCUT2D eigenvalue weighted by Gasteiger charge is 2.52. The molecule has 12 heteroatoms. The number of carbonyl (C=O) groups is 3. The van der Waals surface area contributed by atoms with Crippen LogP contribution in [0.25, 0.3) is 0 Å². The van der Waals surface area contributed by atoms with E-state index < -0.39 is 29.6 Å². The van der Waals surface area contributed by atoms with E-state index in [0.29, 0.717) is 11.3 Å². The van der Waals surface area contributed by atoms with E-state index in [9.17, 15) is 27.6 Å². The summed E-state index contributed by atoms with van der Waals surface area (Å²) in [6.45, 7) is 4.85. The lowest BCUT2D eigenvalue weighted by molar-refractivity contribution is -0.274. The summed E-state index contributed by atoms with van der Waals surface area (Å²) in [4.78, 5) is 48.0. The number of hydrogen-bond acceptors (Lipinski definition) is 6. The molecule has 2 saturated heterocycles. The van der Waals surface area contributed by atoms with Crippen molar-refractivity contribution in [1.82, 2.24) is 14.8 Å². The molecule has 3 heterocycles. The molecule has 37 heavy (non-hydrogen) atoms. The number of imide groups is 1. The number of alkyl halides is 3. The number of amides is 4. The van der Waals surface area contributed by atoms with Crippen LogP contribution in [0.15, 0.2) is 42.7 Å². The first-order valence-corrected chi connectivity index (χ1v) is 11.8. The minimum Gasteiger partial charge on any atom is -0.406 e. The molecule has 2 aliphatic heterocycles. The molecule has 2 aliphatic rings. The molecule has 0 spiro atoms. The summed E-state index contributed by atoms with van der Waals surface area (Å²) in [7, 11) is 2.01. The molecule has 0 radical (unpaired) electrons. The van der Waals surface area contributed by atoms with E-state index in [1.54, 1.807) is 19.9 Å². The van der Waals surface area contributed by atoms with Gasteiger partial charge in [-0.05, 0) is 82.7 Å². The lowest BCUT2D eigenvalue weighted by Crippen LogP contribution is -2.43. The SMILES string of the molecule is CN1CCC(C(=O)Nc2cnccc2CN2C(=O)N(c3ccc(OC(F)(F)F)cc3)C(=O)C2(C)C)CC1. The molecule has 1 aromatic heterocycles. The maximum atomic E-state index is 13.4. The van der Waals surface area contributed by atoms with Gasteiger partial charge in [0.05, 0.1) is 24.1 Å². The average Bonchev–Trinajstić information content (AvgIpc) is 2.99. The third-order valence-electron chi connectivity index (χ3n) is 6.74. The zero-order chi connectivity index (χ0) is 27.0. The molecule has 4 amide bonds. The number of hydrogen-bond donors (Lipinski definition) is 1. The lowest BCUT2D eigenvalue weighted by atomic mass is 9.96. The predicted octanol–water partition coefficient (Wildman–Crippen LogP) is 4.01. The van der Waals surface area contributed by atoms with Crippen LogP contribution in [0.3, 0.4) is 0 Å². The molecule has 0 atom stereocenters. The smallest absolute Gasteiger partial charge is 0.406 e. The fourth-order valence-electron chi connectivity index (χ4n) is 4.48. The molecule has 0 bridgehead atoms. The van der Waals surface area contributed by atoms with Crippen LogP contribution in [0.1, 0.15) is 32.3 Å². The van der Waals surface area contributed by atoms with E-state index in [2.05, 4.69) is 19.9 Å². The molecule has 9 nitrogen and oxygen atoms in total. The lowest BCUT2D eigenvalue weighted by Gasteiger charge is -2.29. The van der Waals surface area contributed by atoms with Crippen molar-refractivity contribution in [3.63, 3.8) is 0 Å². The number of rotatable bonds is 6. The Kier molecular flexibility index (Phi) is 7.13. The van der Waals surface area contributed by atoms with Gasteiger partial charge in [-0.3, -0.25) is 14.6 Å². The van der Waals surface area contributed by atoms with Crippen LogP contribution in [-0.2, 0) is 16.1 Å². The van der Waals surface area contributed by atoms with Crippen molar-refractivity contribution in [2.75, 3.05) is 30.4 Å². The number of benzene rings is 1. The number of aromatic nitrogens is 1. The first kappa shape index (κ1) is 26.4. The number of piperidine rings is 1. The van der Waals surface area contributed by atoms with E-state index in [1.165, 1.54) is 29.4 Å². The third-order valence-corrected chi connectivity index (χ3v) is 6.74. The molecular formula is C25H28F3N5O4. The fourth-order valence-corrected chi connectivity index (χ4v) is 4.48. The molecule has 0 unspecified atom stereocenters. The fraction of sp³-hybridized carbons (Fsp3) is 0.440. The van der Waals surface area contributed by atoms with Crippen molar-refractivity contribution in [3.8, 4) is 5.75 Å². The van der Waals surface area contributed by atoms with Crippen molar-refractivity contribution < 1.29 is 32.3 Å². The van der Waals surface area contributed by atoms with Crippen LogP contribution >= 0.6 is 0 Å². The highest BCUT2D eigenvalue weighted by molar-refractivity contribution is 6.23. The van der Waals surface area contributed by atoms with Gasteiger partial charge in [-0.15, -0.1) is 13.2 Å². The van der Waals surface area contributed by atoms with Crippen molar-refractivity contribution in [1.29, 1.82) is 0 Å².